The highest BCUT2D eigenvalue weighted by atomic mass is 35.5. The van der Waals surface area contributed by atoms with Crippen LogP contribution in [0.25, 0.3) is 0 Å². The number of aromatic nitrogens is 1. The van der Waals surface area contributed by atoms with E-state index in [1.807, 2.05) is 19.1 Å². The Bertz CT molecular complexity index is 592. The molecular formula is C15H16ClFN2O. The summed E-state index contributed by atoms with van der Waals surface area (Å²) in [4.78, 5) is 4.14. The molecule has 3 nitrogen and oxygen atoms in total. The maximum absolute atomic E-state index is 13.1. The van der Waals surface area contributed by atoms with Crippen molar-refractivity contribution in [2.75, 3.05) is 7.11 Å². The molecule has 0 fully saturated rings. The summed E-state index contributed by atoms with van der Waals surface area (Å²) < 4.78 is 18.3. The summed E-state index contributed by atoms with van der Waals surface area (Å²) in [6.45, 7) is 2.60. The van der Waals surface area contributed by atoms with Crippen molar-refractivity contribution in [2.45, 2.75) is 19.5 Å². The molecule has 0 spiro atoms. The molecule has 1 N–H and O–H groups in total. The van der Waals surface area contributed by atoms with Crippen LogP contribution < -0.4 is 10.1 Å². The molecule has 1 aromatic carbocycles. The van der Waals surface area contributed by atoms with E-state index in [2.05, 4.69) is 10.3 Å². The van der Waals surface area contributed by atoms with E-state index < -0.39 is 5.82 Å². The highest BCUT2D eigenvalue weighted by molar-refractivity contribution is 6.30. The standard InChI is InChI=1S/C15H16ClFN2O/c1-10(11-5-6-14(17)13(16)8-11)19-9-12-4-3-7-18-15(12)20-2/h3-8,10,19H,9H2,1-2H3. The van der Waals surface area contributed by atoms with Gasteiger partial charge in [-0.15, -0.1) is 0 Å². The lowest BCUT2D eigenvalue weighted by Crippen LogP contribution is -2.18. The minimum absolute atomic E-state index is 0.0398. The molecule has 1 aromatic heterocycles. The Labute approximate surface area is 122 Å². The smallest absolute Gasteiger partial charge is 0.217 e. The van der Waals surface area contributed by atoms with Crippen LogP contribution >= 0.6 is 11.6 Å². The zero-order valence-electron chi connectivity index (χ0n) is 11.4. The maximum Gasteiger partial charge on any atom is 0.217 e. The van der Waals surface area contributed by atoms with Gasteiger partial charge in [0.15, 0.2) is 0 Å². The van der Waals surface area contributed by atoms with Gasteiger partial charge in [-0.1, -0.05) is 23.7 Å². The Kier molecular flexibility index (Phi) is 4.93. The zero-order valence-corrected chi connectivity index (χ0v) is 12.1. The molecule has 0 aliphatic heterocycles. The van der Waals surface area contributed by atoms with E-state index in [-0.39, 0.29) is 11.1 Å². The number of benzene rings is 1. The molecule has 0 saturated carbocycles. The third kappa shape index (κ3) is 3.46. The third-order valence-corrected chi connectivity index (χ3v) is 3.38. The summed E-state index contributed by atoms with van der Waals surface area (Å²) in [7, 11) is 1.59. The van der Waals surface area contributed by atoms with E-state index >= 15 is 0 Å². The van der Waals surface area contributed by atoms with E-state index in [1.54, 1.807) is 25.4 Å². The van der Waals surface area contributed by atoms with Gasteiger partial charge in [-0.05, 0) is 30.7 Å². The van der Waals surface area contributed by atoms with Crippen molar-refractivity contribution in [3.63, 3.8) is 0 Å². The summed E-state index contributed by atoms with van der Waals surface area (Å²) >= 11 is 5.79. The van der Waals surface area contributed by atoms with E-state index in [0.717, 1.165) is 11.1 Å². The van der Waals surface area contributed by atoms with Crippen LogP contribution in [0.15, 0.2) is 36.5 Å². The third-order valence-electron chi connectivity index (χ3n) is 3.09. The molecule has 0 amide bonds. The molecule has 106 valence electrons. The molecule has 20 heavy (non-hydrogen) atoms. The monoisotopic (exact) mass is 294 g/mol. The average Bonchev–Trinajstić information content (AvgIpc) is 2.47. The van der Waals surface area contributed by atoms with Crippen LogP contribution in [0.3, 0.4) is 0 Å². The second-order valence-electron chi connectivity index (χ2n) is 4.45. The average molecular weight is 295 g/mol. The van der Waals surface area contributed by atoms with Crippen molar-refractivity contribution in [3.8, 4) is 5.88 Å². The largest absolute Gasteiger partial charge is 0.481 e. The fourth-order valence-electron chi connectivity index (χ4n) is 1.91. The Morgan fingerprint density at radius 1 is 1.40 bits per heavy atom. The number of halogens is 2. The van der Waals surface area contributed by atoms with Crippen molar-refractivity contribution in [3.05, 3.63) is 58.5 Å². The fraction of sp³-hybridized carbons (Fsp3) is 0.267. The Balaban J connectivity index is 2.04. The number of hydrogen-bond acceptors (Lipinski definition) is 3. The highest BCUT2D eigenvalue weighted by Crippen LogP contribution is 2.21. The molecule has 0 radical (unpaired) electrons. The Hall–Kier alpha value is -1.65. The molecule has 2 aromatic rings. The predicted octanol–water partition coefficient (Wildman–Crippen LogP) is 3.73. The van der Waals surface area contributed by atoms with Gasteiger partial charge >= 0.3 is 0 Å². The van der Waals surface area contributed by atoms with Crippen LogP contribution in [0.5, 0.6) is 5.88 Å². The lowest BCUT2D eigenvalue weighted by Gasteiger charge is -2.15. The van der Waals surface area contributed by atoms with Gasteiger partial charge in [0.2, 0.25) is 5.88 Å². The first-order valence-corrected chi connectivity index (χ1v) is 6.66. The topological polar surface area (TPSA) is 34.1 Å². The minimum Gasteiger partial charge on any atom is -0.481 e. The molecular weight excluding hydrogens is 279 g/mol. The van der Waals surface area contributed by atoms with Gasteiger partial charge < -0.3 is 10.1 Å². The van der Waals surface area contributed by atoms with E-state index in [4.69, 9.17) is 16.3 Å². The molecule has 0 bridgehead atoms. The van der Waals surface area contributed by atoms with Crippen molar-refractivity contribution >= 4 is 11.6 Å². The number of rotatable bonds is 5. The fourth-order valence-corrected chi connectivity index (χ4v) is 2.09. The van der Waals surface area contributed by atoms with E-state index in [9.17, 15) is 4.39 Å². The van der Waals surface area contributed by atoms with Gasteiger partial charge in [0.25, 0.3) is 0 Å². The van der Waals surface area contributed by atoms with E-state index in [1.165, 1.54) is 6.07 Å². The van der Waals surface area contributed by atoms with Gasteiger partial charge in [-0.3, -0.25) is 0 Å². The van der Waals surface area contributed by atoms with Gasteiger partial charge in [0.1, 0.15) is 5.82 Å². The second-order valence-corrected chi connectivity index (χ2v) is 4.86. The lowest BCUT2D eigenvalue weighted by molar-refractivity contribution is 0.389. The summed E-state index contributed by atoms with van der Waals surface area (Å²) in [5.74, 6) is 0.195. The van der Waals surface area contributed by atoms with Gasteiger partial charge in [0.05, 0.1) is 12.1 Å². The first-order valence-electron chi connectivity index (χ1n) is 6.28. The van der Waals surface area contributed by atoms with E-state index in [0.29, 0.717) is 12.4 Å². The van der Waals surface area contributed by atoms with Crippen molar-refractivity contribution < 1.29 is 9.13 Å². The first-order chi connectivity index (χ1) is 9.61. The molecule has 1 unspecified atom stereocenters. The summed E-state index contributed by atoms with van der Waals surface area (Å²) in [6, 6.07) is 8.58. The van der Waals surface area contributed by atoms with Crippen molar-refractivity contribution in [1.82, 2.24) is 10.3 Å². The van der Waals surface area contributed by atoms with Crippen LogP contribution in [0, 0.1) is 5.82 Å². The number of hydrogen-bond donors (Lipinski definition) is 1. The molecule has 1 atom stereocenters. The van der Waals surface area contributed by atoms with Crippen LogP contribution in [0.4, 0.5) is 4.39 Å². The van der Waals surface area contributed by atoms with Crippen molar-refractivity contribution in [1.29, 1.82) is 0 Å². The summed E-state index contributed by atoms with van der Waals surface area (Å²) in [5, 5.41) is 3.47. The number of ether oxygens (including phenoxy) is 1. The second kappa shape index (κ2) is 6.68. The normalized spacial score (nSPS) is 12.2. The number of nitrogens with zero attached hydrogens (tertiary/aromatic N) is 1. The zero-order chi connectivity index (χ0) is 14.5. The molecule has 5 heteroatoms. The Morgan fingerprint density at radius 3 is 2.90 bits per heavy atom. The highest BCUT2D eigenvalue weighted by Gasteiger charge is 2.09. The summed E-state index contributed by atoms with van der Waals surface area (Å²) in [6.07, 6.45) is 1.69. The lowest BCUT2D eigenvalue weighted by atomic mass is 10.1. The summed E-state index contributed by atoms with van der Waals surface area (Å²) in [5.41, 5.74) is 1.90. The van der Waals surface area contributed by atoms with Crippen LogP contribution in [0.2, 0.25) is 5.02 Å². The molecule has 0 aliphatic carbocycles. The quantitative estimate of drug-likeness (QED) is 0.912. The Morgan fingerprint density at radius 2 is 2.20 bits per heavy atom. The SMILES string of the molecule is COc1ncccc1CNC(C)c1ccc(F)c(Cl)c1. The molecule has 1 heterocycles. The molecule has 2 rings (SSSR count). The number of pyridine rings is 1. The van der Waals surface area contributed by atoms with Gasteiger partial charge in [-0.25, -0.2) is 9.37 Å². The van der Waals surface area contributed by atoms with Crippen LogP contribution in [-0.4, -0.2) is 12.1 Å². The minimum atomic E-state index is -0.406. The predicted molar refractivity (Wildman–Crippen MR) is 77.5 cm³/mol. The molecule has 0 saturated heterocycles. The number of nitrogens with one attached hydrogen (secondary N) is 1. The van der Waals surface area contributed by atoms with Crippen molar-refractivity contribution in [2.24, 2.45) is 0 Å². The number of methoxy groups -OCH3 is 1. The first kappa shape index (κ1) is 14.8. The van der Waals surface area contributed by atoms with Crippen LogP contribution in [-0.2, 0) is 6.54 Å². The van der Waals surface area contributed by atoms with Crippen LogP contribution in [0.1, 0.15) is 24.1 Å². The van der Waals surface area contributed by atoms with Gasteiger partial charge in [0, 0.05) is 24.3 Å². The molecule has 0 aliphatic rings. The van der Waals surface area contributed by atoms with Gasteiger partial charge in [-0.2, -0.15) is 0 Å². The maximum atomic E-state index is 13.1.